The summed E-state index contributed by atoms with van der Waals surface area (Å²) in [6.45, 7) is 7.00. The summed E-state index contributed by atoms with van der Waals surface area (Å²) in [6.07, 6.45) is 1.46. The monoisotopic (exact) mass is 448 g/mol. The molecule has 2 aliphatic rings. The number of rotatable bonds is 9. The average Bonchev–Trinajstić information content (AvgIpc) is 3.07. The van der Waals surface area contributed by atoms with Crippen LogP contribution >= 0.6 is 0 Å². The van der Waals surface area contributed by atoms with Crippen LogP contribution in [0, 0.1) is 5.92 Å². The summed E-state index contributed by atoms with van der Waals surface area (Å²) in [6, 6.07) is 15.8. The van der Waals surface area contributed by atoms with Gasteiger partial charge in [0, 0.05) is 33.4 Å². The van der Waals surface area contributed by atoms with Crippen LogP contribution in [0.25, 0.3) is 5.57 Å². The Bertz CT molecular complexity index is 1040. The Balaban J connectivity index is 1.66. The van der Waals surface area contributed by atoms with Gasteiger partial charge in [-0.3, -0.25) is 14.5 Å². The van der Waals surface area contributed by atoms with Gasteiger partial charge in [0.1, 0.15) is 11.4 Å². The lowest BCUT2D eigenvalue weighted by molar-refractivity contribution is -0.137. The van der Waals surface area contributed by atoms with Gasteiger partial charge in [0.25, 0.3) is 11.8 Å². The Labute approximate surface area is 195 Å². The molecule has 0 bridgehead atoms. The van der Waals surface area contributed by atoms with Crippen molar-refractivity contribution in [3.05, 3.63) is 70.9 Å². The van der Waals surface area contributed by atoms with E-state index in [2.05, 4.69) is 30.9 Å². The fourth-order valence-electron chi connectivity index (χ4n) is 4.35. The fraction of sp³-hybridized carbons (Fsp3) is 0.407. The molecule has 2 aliphatic heterocycles. The number of amides is 2. The minimum absolute atomic E-state index is 0.217. The maximum Gasteiger partial charge on any atom is 0.277 e. The zero-order chi connectivity index (χ0) is 23.4. The van der Waals surface area contributed by atoms with Crippen molar-refractivity contribution in [2.24, 2.45) is 5.92 Å². The molecular formula is C27H32N2O4. The highest BCUT2D eigenvalue weighted by Gasteiger charge is 2.41. The number of nitrogens with zero attached hydrogens (tertiary/aromatic N) is 2. The molecule has 0 N–H and O–H groups in total. The van der Waals surface area contributed by atoms with Gasteiger partial charge in [-0.2, -0.15) is 0 Å². The van der Waals surface area contributed by atoms with E-state index in [0.29, 0.717) is 56.5 Å². The molecule has 0 atom stereocenters. The molecule has 174 valence electrons. The van der Waals surface area contributed by atoms with Crippen molar-refractivity contribution < 1.29 is 19.1 Å². The molecule has 0 aliphatic carbocycles. The topological polar surface area (TPSA) is 59.1 Å². The summed E-state index contributed by atoms with van der Waals surface area (Å²) in [4.78, 5) is 30.4. The van der Waals surface area contributed by atoms with Crippen LogP contribution in [0.15, 0.2) is 54.2 Å². The zero-order valence-electron chi connectivity index (χ0n) is 19.7. The van der Waals surface area contributed by atoms with Gasteiger partial charge in [0.2, 0.25) is 0 Å². The van der Waals surface area contributed by atoms with Crippen LogP contribution in [0.2, 0.25) is 0 Å². The number of ether oxygens (including phenoxy) is 2. The number of hydrogen-bond acceptors (Lipinski definition) is 5. The van der Waals surface area contributed by atoms with Crippen molar-refractivity contribution in [1.82, 2.24) is 9.80 Å². The third-order valence-electron chi connectivity index (χ3n) is 6.05. The lowest BCUT2D eigenvalue weighted by Crippen LogP contribution is -2.38. The first-order valence-corrected chi connectivity index (χ1v) is 11.6. The first kappa shape index (κ1) is 23.1. The second-order valence-electron chi connectivity index (χ2n) is 9.00. The Hall–Kier alpha value is -3.12. The molecule has 4 rings (SSSR count). The number of fused-ring (bicyclic) bond motifs is 1. The lowest BCUT2D eigenvalue weighted by Gasteiger charge is -2.31. The van der Waals surface area contributed by atoms with E-state index >= 15 is 0 Å². The van der Waals surface area contributed by atoms with Crippen LogP contribution in [-0.2, 0) is 27.3 Å². The second kappa shape index (κ2) is 10.2. The second-order valence-corrected chi connectivity index (χ2v) is 9.00. The molecule has 2 amide bonds. The first-order valence-electron chi connectivity index (χ1n) is 11.6. The highest BCUT2D eigenvalue weighted by molar-refractivity contribution is 6.35. The van der Waals surface area contributed by atoms with E-state index in [1.54, 1.807) is 7.11 Å². The van der Waals surface area contributed by atoms with Gasteiger partial charge in [0.15, 0.2) is 0 Å². The Morgan fingerprint density at radius 1 is 0.970 bits per heavy atom. The SMILES string of the molecule is COCCCN1C(=O)C(c2ccc(OCC(C)C)cc2)=C(N2CCc3ccccc3C2)C1=O. The third kappa shape index (κ3) is 4.96. The quantitative estimate of drug-likeness (QED) is 0.430. The van der Waals surface area contributed by atoms with Crippen LogP contribution in [0.5, 0.6) is 5.75 Å². The summed E-state index contributed by atoms with van der Waals surface area (Å²) in [5, 5.41) is 0. The average molecular weight is 449 g/mol. The van der Waals surface area contributed by atoms with Gasteiger partial charge in [-0.25, -0.2) is 0 Å². The van der Waals surface area contributed by atoms with Crippen LogP contribution < -0.4 is 4.74 Å². The molecule has 0 unspecified atom stereocenters. The minimum Gasteiger partial charge on any atom is -0.493 e. The molecule has 0 spiro atoms. The molecule has 33 heavy (non-hydrogen) atoms. The fourth-order valence-corrected chi connectivity index (χ4v) is 4.35. The molecule has 0 radical (unpaired) electrons. The van der Waals surface area contributed by atoms with E-state index in [1.807, 2.05) is 36.4 Å². The van der Waals surface area contributed by atoms with E-state index in [0.717, 1.165) is 17.7 Å². The van der Waals surface area contributed by atoms with Gasteiger partial charge in [-0.15, -0.1) is 0 Å². The van der Waals surface area contributed by atoms with E-state index < -0.39 is 0 Å². The van der Waals surface area contributed by atoms with Gasteiger partial charge >= 0.3 is 0 Å². The standard InChI is InChI=1S/C27H32N2O4/c1-19(2)18-33-23-11-9-21(10-12-23)24-25(27(31)29(26(24)30)14-6-16-32-3)28-15-13-20-7-4-5-8-22(20)17-28/h4-5,7-12,19H,6,13-18H2,1-3H3. The van der Waals surface area contributed by atoms with E-state index in [-0.39, 0.29) is 11.8 Å². The van der Waals surface area contributed by atoms with Crippen molar-refractivity contribution >= 4 is 17.4 Å². The number of methoxy groups -OCH3 is 1. The molecule has 2 heterocycles. The summed E-state index contributed by atoms with van der Waals surface area (Å²) in [7, 11) is 1.62. The van der Waals surface area contributed by atoms with Crippen LogP contribution in [0.4, 0.5) is 0 Å². The van der Waals surface area contributed by atoms with E-state index in [1.165, 1.54) is 16.0 Å². The predicted octanol–water partition coefficient (Wildman–Crippen LogP) is 3.90. The van der Waals surface area contributed by atoms with Crippen molar-refractivity contribution in [3.63, 3.8) is 0 Å². The Kier molecular flexibility index (Phi) is 7.14. The molecular weight excluding hydrogens is 416 g/mol. The Morgan fingerprint density at radius 2 is 1.70 bits per heavy atom. The molecule has 2 aromatic carbocycles. The molecule has 0 aromatic heterocycles. The summed E-state index contributed by atoms with van der Waals surface area (Å²) >= 11 is 0. The van der Waals surface area contributed by atoms with E-state index in [9.17, 15) is 9.59 Å². The number of carbonyl (C=O) groups is 2. The molecule has 0 fully saturated rings. The molecule has 0 saturated carbocycles. The lowest BCUT2D eigenvalue weighted by atomic mass is 9.98. The summed E-state index contributed by atoms with van der Waals surface area (Å²) < 4.78 is 10.9. The number of carbonyl (C=O) groups excluding carboxylic acids is 2. The first-order chi connectivity index (χ1) is 16.0. The smallest absolute Gasteiger partial charge is 0.277 e. The maximum atomic E-state index is 13.5. The maximum absolute atomic E-state index is 13.5. The van der Waals surface area contributed by atoms with Crippen molar-refractivity contribution in [1.29, 1.82) is 0 Å². The molecule has 0 saturated heterocycles. The van der Waals surface area contributed by atoms with Crippen LogP contribution in [-0.4, -0.2) is 55.0 Å². The normalized spacial score (nSPS) is 16.1. The van der Waals surface area contributed by atoms with Gasteiger partial charge in [0.05, 0.1) is 12.2 Å². The van der Waals surface area contributed by atoms with Crippen LogP contribution in [0.3, 0.4) is 0 Å². The number of hydrogen-bond donors (Lipinski definition) is 0. The third-order valence-corrected chi connectivity index (χ3v) is 6.05. The summed E-state index contributed by atoms with van der Waals surface area (Å²) in [5.74, 6) is 0.734. The van der Waals surface area contributed by atoms with Crippen molar-refractivity contribution in [3.8, 4) is 5.75 Å². The molecule has 6 nitrogen and oxygen atoms in total. The summed E-state index contributed by atoms with van der Waals surface area (Å²) in [5.41, 5.74) is 4.23. The minimum atomic E-state index is -0.235. The van der Waals surface area contributed by atoms with Gasteiger partial charge in [-0.1, -0.05) is 50.2 Å². The Morgan fingerprint density at radius 3 is 2.39 bits per heavy atom. The van der Waals surface area contributed by atoms with Crippen LogP contribution in [0.1, 0.15) is 37.0 Å². The predicted molar refractivity (Wildman–Crippen MR) is 127 cm³/mol. The highest BCUT2D eigenvalue weighted by atomic mass is 16.5. The number of benzene rings is 2. The zero-order valence-corrected chi connectivity index (χ0v) is 19.7. The molecule has 6 heteroatoms. The van der Waals surface area contributed by atoms with Gasteiger partial charge in [-0.05, 0) is 47.6 Å². The molecule has 2 aromatic rings. The van der Waals surface area contributed by atoms with Crippen molar-refractivity contribution in [2.45, 2.75) is 33.2 Å². The highest BCUT2D eigenvalue weighted by Crippen LogP contribution is 2.35. The van der Waals surface area contributed by atoms with Crippen molar-refractivity contribution in [2.75, 3.05) is 33.4 Å². The van der Waals surface area contributed by atoms with Gasteiger partial charge < -0.3 is 14.4 Å². The van der Waals surface area contributed by atoms with E-state index in [4.69, 9.17) is 9.47 Å². The number of imide groups is 1. The largest absolute Gasteiger partial charge is 0.493 e.